The number of likely N-dealkylation sites (tertiary alicyclic amines) is 1. The maximum Gasteiger partial charge on any atom is 0.191 e. The fourth-order valence-corrected chi connectivity index (χ4v) is 5.43. The van der Waals surface area contributed by atoms with Crippen molar-refractivity contribution in [3.63, 3.8) is 0 Å². The van der Waals surface area contributed by atoms with Crippen molar-refractivity contribution in [2.45, 2.75) is 69.6 Å². The number of nitrogens with one attached hydrogen (secondary N) is 2. The quantitative estimate of drug-likeness (QED) is 0.253. The second kappa shape index (κ2) is 13.6. The van der Waals surface area contributed by atoms with Crippen LogP contribution in [0.3, 0.4) is 0 Å². The number of rotatable bonds is 8. The van der Waals surface area contributed by atoms with Gasteiger partial charge in [0.1, 0.15) is 5.76 Å². The first-order valence-electron chi connectivity index (χ1n) is 11.8. The Kier molecular flexibility index (Phi) is 10.8. The largest absolute Gasteiger partial charge is 0.469 e. The molecule has 1 aliphatic carbocycles. The Bertz CT molecular complexity index is 776. The van der Waals surface area contributed by atoms with Crippen LogP contribution >= 0.6 is 35.3 Å². The van der Waals surface area contributed by atoms with Crippen LogP contribution in [0.2, 0.25) is 0 Å². The molecule has 32 heavy (non-hydrogen) atoms. The molecule has 1 aliphatic heterocycles. The molecule has 0 amide bonds. The van der Waals surface area contributed by atoms with E-state index in [0.29, 0.717) is 12.1 Å². The Hall–Kier alpha value is -1.10. The highest BCUT2D eigenvalue weighted by Gasteiger charge is 2.31. The number of nitrogens with zero attached hydrogens (tertiary/aromatic N) is 2. The lowest BCUT2D eigenvalue weighted by Gasteiger charge is -2.41. The molecule has 2 aliphatic rings. The number of aliphatic hydroxyl groups is 1. The van der Waals surface area contributed by atoms with Gasteiger partial charge in [-0.1, -0.05) is 18.9 Å². The topological polar surface area (TPSA) is 73.0 Å². The van der Waals surface area contributed by atoms with Gasteiger partial charge in [0.15, 0.2) is 5.96 Å². The van der Waals surface area contributed by atoms with Crippen molar-refractivity contribution in [2.75, 3.05) is 26.2 Å². The van der Waals surface area contributed by atoms with Crippen LogP contribution in [-0.4, -0.2) is 60.3 Å². The molecule has 2 aromatic rings. The molecular formula is C24H37IN4O2S. The van der Waals surface area contributed by atoms with Gasteiger partial charge >= 0.3 is 0 Å². The number of piperidine rings is 1. The van der Waals surface area contributed by atoms with Crippen molar-refractivity contribution >= 4 is 41.3 Å². The van der Waals surface area contributed by atoms with Gasteiger partial charge < -0.3 is 20.2 Å². The Labute approximate surface area is 212 Å². The summed E-state index contributed by atoms with van der Waals surface area (Å²) in [7, 11) is 0. The Morgan fingerprint density at radius 2 is 1.97 bits per heavy atom. The van der Waals surface area contributed by atoms with Gasteiger partial charge in [-0.15, -0.1) is 35.3 Å². The maximum atomic E-state index is 10.4. The number of thiophene rings is 1. The average Bonchev–Trinajstić information content (AvgIpc) is 3.49. The zero-order chi connectivity index (χ0) is 21.3. The van der Waals surface area contributed by atoms with Crippen LogP contribution in [0.15, 0.2) is 45.3 Å². The Balaban J connectivity index is 0.00000289. The van der Waals surface area contributed by atoms with Gasteiger partial charge in [-0.25, -0.2) is 0 Å². The first kappa shape index (κ1) is 25.5. The predicted octanol–water partition coefficient (Wildman–Crippen LogP) is 4.05. The molecule has 1 saturated heterocycles. The summed E-state index contributed by atoms with van der Waals surface area (Å²) in [6.07, 6.45) is 10.1. The lowest BCUT2D eigenvalue weighted by atomic mass is 9.89. The van der Waals surface area contributed by atoms with E-state index in [9.17, 15) is 5.11 Å². The summed E-state index contributed by atoms with van der Waals surface area (Å²) in [5, 5.41) is 19.7. The minimum atomic E-state index is -0.143. The number of furan rings is 1. The molecule has 1 saturated carbocycles. The lowest BCUT2D eigenvalue weighted by molar-refractivity contribution is 0.00810. The molecule has 0 aromatic carbocycles. The van der Waals surface area contributed by atoms with Gasteiger partial charge in [-0.05, 0) is 49.3 Å². The highest BCUT2D eigenvalue weighted by atomic mass is 127. The van der Waals surface area contributed by atoms with Crippen LogP contribution in [0.4, 0.5) is 0 Å². The van der Waals surface area contributed by atoms with E-state index in [1.807, 2.05) is 12.1 Å². The van der Waals surface area contributed by atoms with Crippen LogP contribution in [-0.2, 0) is 12.8 Å². The van der Waals surface area contributed by atoms with E-state index in [1.54, 1.807) is 17.6 Å². The maximum absolute atomic E-state index is 10.4. The predicted molar refractivity (Wildman–Crippen MR) is 142 cm³/mol. The molecule has 3 heterocycles. The highest BCUT2D eigenvalue weighted by molar-refractivity contribution is 14.0. The molecule has 3 N–H and O–H groups in total. The number of hydrogen-bond acceptors (Lipinski definition) is 5. The molecule has 0 radical (unpaired) electrons. The number of halogens is 1. The van der Waals surface area contributed by atoms with Crippen molar-refractivity contribution in [1.82, 2.24) is 15.5 Å². The molecular weight excluding hydrogens is 535 g/mol. The number of aliphatic imine (C=N–C) groups is 1. The van der Waals surface area contributed by atoms with Crippen molar-refractivity contribution < 1.29 is 9.52 Å². The van der Waals surface area contributed by atoms with Crippen molar-refractivity contribution in [3.05, 3.63) is 46.5 Å². The van der Waals surface area contributed by atoms with Crippen LogP contribution in [0, 0.1) is 0 Å². The third kappa shape index (κ3) is 7.74. The van der Waals surface area contributed by atoms with E-state index in [2.05, 4.69) is 33.0 Å². The molecule has 0 spiro atoms. The van der Waals surface area contributed by atoms with E-state index >= 15 is 0 Å². The van der Waals surface area contributed by atoms with E-state index in [0.717, 1.165) is 76.4 Å². The normalized spacial score (nSPS) is 23.0. The summed E-state index contributed by atoms with van der Waals surface area (Å²) < 4.78 is 5.45. The number of hydrogen-bond donors (Lipinski definition) is 3. The van der Waals surface area contributed by atoms with Gasteiger partial charge in [-0.2, -0.15) is 0 Å². The van der Waals surface area contributed by atoms with Crippen LogP contribution in [0.25, 0.3) is 0 Å². The van der Waals surface area contributed by atoms with Gasteiger partial charge in [-0.3, -0.25) is 9.89 Å². The minimum absolute atomic E-state index is 0. The van der Waals surface area contributed by atoms with Crippen molar-refractivity contribution in [2.24, 2.45) is 4.99 Å². The smallest absolute Gasteiger partial charge is 0.191 e. The molecule has 2 unspecified atom stereocenters. The summed E-state index contributed by atoms with van der Waals surface area (Å²) in [5.74, 6) is 1.89. The molecule has 2 atom stereocenters. The second-order valence-corrected chi connectivity index (χ2v) is 9.72. The van der Waals surface area contributed by atoms with E-state index in [1.165, 1.54) is 17.7 Å². The van der Waals surface area contributed by atoms with E-state index < -0.39 is 0 Å². The monoisotopic (exact) mass is 572 g/mol. The average molecular weight is 573 g/mol. The minimum Gasteiger partial charge on any atom is -0.469 e. The van der Waals surface area contributed by atoms with Crippen LogP contribution < -0.4 is 10.6 Å². The summed E-state index contributed by atoms with van der Waals surface area (Å²) in [5.41, 5.74) is 0. The molecule has 0 bridgehead atoms. The molecule has 2 fully saturated rings. The first-order chi connectivity index (χ1) is 15.3. The van der Waals surface area contributed by atoms with E-state index in [-0.39, 0.29) is 30.1 Å². The molecule has 6 nitrogen and oxygen atoms in total. The summed E-state index contributed by atoms with van der Waals surface area (Å²) in [4.78, 5) is 8.74. The zero-order valence-corrected chi connectivity index (χ0v) is 21.9. The van der Waals surface area contributed by atoms with Crippen LogP contribution in [0.1, 0.15) is 49.2 Å². The summed E-state index contributed by atoms with van der Waals surface area (Å²) in [6, 6.07) is 9.00. The molecule has 8 heteroatoms. The standard InChI is InChI=1S/C24H36N4O2S.HI/c29-23-8-2-1-7-22(23)28-15-11-19(12-16-28)27-24(25-13-9-20-5-3-17-30-20)26-14-10-21-6-4-18-31-21;/h3-6,17-19,22-23,29H,1-2,7-16H2,(H2,25,26,27);1H. The van der Waals surface area contributed by atoms with E-state index in [4.69, 9.17) is 9.41 Å². The fourth-order valence-electron chi connectivity index (χ4n) is 4.73. The third-order valence-electron chi connectivity index (χ3n) is 6.49. The van der Waals surface area contributed by atoms with Gasteiger partial charge in [0, 0.05) is 56.0 Å². The van der Waals surface area contributed by atoms with Gasteiger partial charge in [0.2, 0.25) is 0 Å². The van der Waals surface area contributed by atoms with Crippen LogP contribution in [0.5, 0.6) is 0 Å². The number of guanidine groups is 1. The fraction of sp³-hybridized carbons (Fsp3) is 0.625. The Morgan fingerprint density at radius 1 is 1.12 bits per heavy atom. The van der Waals surface area contributed by atoms with Crippen molar-refractivity contribution in [1.29, 1.82) is 0 Å². The lowest BCUT2D eigenvalue weighted by Crippen LogP contribution is -2.53. The third-order valence-corrected chi connectivity index (χ3v) is 7.42. The highest BCUT2D eigenvalue weighted by Crippen LogP contribution is 2.25. The molecule has 4 rings (SSSR count). The van der Waals surface area contributed by atoms with Gasteiger partial charge in [0.05, 0.1) is 12.4 Å². The molecule has 2 aromatic heterocycles. The SMILES string of the molecule is I.OC1CCCCC1N1CCC(NC(=NCCc2cccs2)NCCc2ccco2)CC1. The van der Waals surface area contributed by atoms with Crippen molar-refractivity contribution in [3.8, 4) is 0 Å². The summed E-state index contributed by atoms with van der Waals surface area (Å²) >= 11 is 1.79. The second-order valence-electron chi connectivity index (χ2n) is 8.69. The van der Waals surface area contributed by atoms with Gasteiger partial charge in [0.25, 0.3) is 0 Å². The summed E-state index contributed by atoms with van der Waals surface area (Å²) in [6.45, 7) is 3.68. The Morgan fingerprint density at radius 3 is 2.69 bits per heavy atom. The zero-order valence-electron chi connectivity index (χ0n) is 18.7. The number of aliphatic hydroxyl groups excluding tert-OH is 1. The molecule has 178 valence electrons. The first-order valence-corrected chi connectivity index (χ1v) is 12.7.